The maximum absolute atomic E-state index is 6.09. The van der Waals surface area contributed by atoms with E-state index < -0.39 is 0 Å². The zero-order chi connectivity index (χ0) is 17.3. The van der Waals surface area contributed by atoms with E-state index in [0.717, 1.165) is 64.6 Å². The van der Waals surface area contributed by atoms with Gasteiger partial charge in [-0.25, -0.2) is 4.98 Å². The molecule has 2 saturated heterocycles. The Bertz CT molecular complexity index is 512. The molecule has 2 aliphatic heterocycles. The SMILES string of the molecule is CN=C(NCCn1ccnc1)N1CCC(OCC2CCCCO2)CC1.I. The van der Waals surface area contributed by atoms with Crippen molar-refractivity contribution in [1.82, 2.24) is 19.8 Å². The van der Waals surface area contributed by atoms with E-state index in [1.165, 1.54) is 12.8 Å². The van der Waals surface area contributed by atoms with Gasteiger partial charge in [-0.3, -0.25) is 4.99 Å². The number of aliphatic imine (C=N–C) groups is 1. The first-order valence-electron chi connectivity index (χ1n) is 9.49. The average molecular weight is 477 g/mol. The molecule has 1 N–H and O–H groups in total. The van der Waals surface area contributed by atoms with Gasteiger partial charge in [0.05, 0.1) is 25.1 Å². The van der Waals surface area contributed by atoms with Crippen molar-refractivity contribution in [3.05, 3.63) is 18.7 Å². The number of hydrogen-bond donors (Lipinski definition) is 1. The number of ether oxygens (including phenoxy) is 2. The Morgan fingerprint density at radius 3 is 2.81 bits per heavy atom. The van der Waals surface area contributed by atoms with Crippen LogP contribution in [0.15, 0.2) is 23.7 Å². The van der Waals surface area contributed by atoms with E-state index in [1.807, 2.05) is 19.6 Å². The van der Waals surface area contributed by atoms with Gasteiger partial charge in [-0.05, 0) is 32.1 Å². The van der Waals surface area contributed by atoms with E-state index in [-0.39, 0.29) is 24.0 Å². The predicted octanol–water partition coefficient (Wildman–Crippen LogP) is 2.13. The molecule has 0 aromatic carbocycles. The molecule has 8 heteroatoms. The molecular formula is C18H32IN5O2. The Hall–Kier alpha value is -0.870. The van der Waals surface area contributed by atoms with Crippen LogP contribution in [0, 0.1) is 0 Å². The van der Waals surface area contributed by atoms with Crippen LogP contribution in [-0.4, -0.2) is 72.5 Å². The van der Waals surface area contributed by atoms with Gasteiger partial charge >= 0.3 is 0 Å². The second-order valence-corrected chi connectivity index (χ2v) is 6.78. The lowest BCUT2D eigenvalue weighted by atomic mass is 10.1. The van der Waals surface area contributed by atoms with Gasteiger partial charge in [0, 0.05) is 52.2 Å². The molecule has 7 nitrogen and oxygen atoms in total. The van der Waals surface area contributed by atoms with Crippen molar-refractivity contribution < 1.29 is 9.47 Å². The minimum absolute atomic E-state index is 0. The first kappa shape index (κ1) is 21.4. The summed E-state index contributed by atoms with van der Waals surface area (Å²) in [6, 6.07) is 0. The minimum atomic E-state index is 0. The summed E-state index contributed by atoms with van der Waals surface area (Å²) in [6.07, 6.45) is 12.0. The van der Waals surface area contributed by atoms with Crippen LogP contribution in [0.3, 0.4) is 0 Å². The van der Waals surface area contributed by atoms with Crippen LogP contribution in [0.25, 0.3) is 0 Å². The zero-order valence-corrected chi connectivity index (χ0v) is 18.0. The third-order valence-electron chi connectivity index (χ3n) is 4.96. The average Bonchev–Trinajstić information content (AvgIpc) is 3.18. The molecule has 3 heterocycles. The van der Waals surface area contributed by atoms with Crippen LogP contribution in [0.5, 0.6) is 0 Å². The number of hydrogen-bond acceptors (Lipinski definition) is 4. The van der Waals surface area contributed by atoms with E-state index >= 15 is 0 Å². The van der Waals surface area contributed by atoms with Crippen molar-refractivity contribution in [2.24, 2.45) is 4.99 Å². The summed E-state index contributed by atoms with van der Waals surface area (Å²) in [6.45, 7) is 5.36. The molecule has 1 atom stereocenters. The van der Waals surface area contributed by atoms with Gasteiger partial charge in [0.25, 0.3) is 0 Å². The normalized spacial score (nSPS) is 22.1. The lowest BCUT2D eigenvalue weighted by Crippen LogP contribution is -2.47. The molecule has 0 aliphatic carbocycles. The first-order valence-corrected chi connectivity index (χ1v) is 9.49. The number of likely N-dealkylation sites (tertiary alicyclic amines) is 1. The van der Waals surface area contributed by atoms with E-state index in [0.29, 0.717) is 12.2 Å². The molecule has 148 valence electrons. The molecule has 0 saturated carbocycles. The van der Waals surface area contributed by atoms with Gasteiger partial charge in [-0.1, -0.05) is 0 Å². The number of rotatable bonds is 6. The Morgan fingerprint density at radius 1 is 1.31 bits per heavy atom. The number of nitrogens with zero attached hydrogens (tertiary/aromatic N) is 4. The van der Waals surface area contributed by atoms with Gasteiger partial charge in [-0.15, -0.1) is 24.0 Å². The third-order valence-corrected chi connectivity index (χ3v) is 4.96. The molecule has 0 bridgehead atoms. The largest absolute Gasteiger partial charge is 0.376 e. The summed E-state index contributed by atoms with van der Waals surface area (Å²) >= 11 is 0. The number of guanidine groups is 1. The molecule has 26 heavy (non-hydrogen) atoms. The Morgan fingerprint density at radius 2 is 2.15 bits per heavy atom. The lowest BCUT2D eigenvalue weighted by molar-refractivity contribution is -0.0721. The fourth-order valence-corrected chi connectivity index (χ4v) is 3.46. The van der Waals surface area contributed by atoms with Gasteiger partial charge in [-0.2, -0.15) is 0 Å². The maximum Gasteiger partial charge on any atom is 0.193 e. The zero-order valence-electron chi connectivity index (χ0n) is 15.7. The quantitative estimate of drug-likeness (QED) is 0.387. The summed E-state index contributed by atoms with van der Waals surface area (Å²) in [5, 5.41) is 3.44. The molecule has 2 fully saturated rings. The third kappa shape index (κ3) is 6.70. The van der Waals surface area contributed by atoms with Gasteiger partial charge in [0.15, 0.2) is 5.96 Å². The standard InChI is InChI=1S/C18H31N5O2.HI/c1-19-18(21-8-12-22-11-7-20-15-22)23-9-5-16(6-10-23)25-14-17-4-2-3-13-24-17;/h7,11,15-17H,2-6,8-10,12-14H2,1H3,(H,19,21);1H. The molecular weight excluding hydrogens is 445 g/mol. The topological polar surface area (TPSA) is 63.9 Å². The molecule has 3 rings (SSSR count). The Balaban J connectivity index is 0.00000243. The number of nitrogens with one attached hydrogen (secondary N) is 1. The van der Waals surface area contributed by atoms with Crippen molar-refractivity contribution in [2.75, 3.05) is 39.9 Å². The highest BCUT2D eigenvalue weighted by molar-refractivity contribution is 14.0. The van der Waals surface area contributed by atoms with Crippen LogP contribution in [0.2, 0.25) is 0 Å². The summed E-state index contributed by atoms with van der Waals surface area (Å²) in [4.78, 5) is 10.8. The van der Waals surface area contributed by atoms with E-state index in [9.17, 15) is 0 Å². The van der Waals surface area contributed by atoms with Crippen LogP contribution >= 0.6 is 24.0 Å². The summed E-state index contributed by atoms with van der Waals surface area (Å²) < 4.78 is 13.9. The molecule has 0 spiro atoms. The maximum atomic E-state index is 6.09. The second kappa shape index (κ2) is 11.8. The highest BCUT2D eigenvalue weighted by Crippen LogP contribution is 2.17. The smallest absolute Gasteiger partial charge is 0.193 e. The molecule has 0 amide bonds. The molecule has 0 radical (unpaired) electrons. The highest BCUT2D eigenvalue weighted by atomic mass is 127. The van der Waals surface area contributed by atoms with E-state index in [2.05, 4.69) is 24.8 Å². The number of aromatic nitrogens is 2. The second-order valence-electron chi connectivity index (χ2n) is 6.78. The fraction of sp³-hybridized carbons (Fsp3) is 0.778. The summed E-state index contributed by atoms with van der Waals surface area (Å²) in [7, 11) is 1.85. The van der Waals surface area contributed by atoms with Crippen molar-refractivity contribution in [3.63, 3.8) is 0 Å². The molecule has 1 unspecified atom stereocenters. The minimum Gasteiger partial charge on any atom is -0.376 e. The Labute approximate surface area is 173 Å². The van der Waals surface area contributed by atoms with E-state index in [4.69, 9.17) is 9.47 Å². The molecule has 2 aliphatic rings. The fourth-order valence-electron chi connectivity index (χ4n) is 3.46. The highest BCUT2D eigenvalue weighted by Gasteiger charge is 2.23. The predicted molar refractivity (Wildman–Crippen MR) is 113 cm³/mol. The number of halogens is 1. The monoisotopic (exact) mass is 477 g/mol. The summed E-state index contributed by atoms with van der Waals surface area (Å²) in [5.41, 5.74) is 0. The van der Waals surface area contributed by atoms with Crippen LogP contribution < -0.4 is 5.32 Å². The van der Waals surface area contributed by atoms with Crippen LogP contribution in [0.4, 0.5) is 0 Å². The Kier molecular flexibility index (Phi) is 9.69. The lowest BCUT2D eigenvalue weighted by Gasteiger charge is -2.35. The van der Waals surface area contributed by atoms with Crippen molar-refractivity contribution in [1.29, 1.82) is 0 Å². The summed E-state index contributed by atoms with van der Waals surface area (Å²) in [5.74, 6) is 0.981. The van der Waals surface area contributed by atoms with Crippen molar-refractivity contribution in [2.45, 2.75) is 50.9 Å². The molecule has 1 aromatic heterocycles. The number of imidazole rings is 1. The van der Waals surface area contributed by atoms with Crippen molar-refractivity contribution in [3.8, 4) is 0 Å². The van der Waals surface area contributed by atoms with Crippen molar-refractivity contribution >= 4 is 29.9 Å². The van der Waals surface area contributed by atoms with Gasteiger partial charge in [0.1, 0.15) is 0 Å². The molecule has 1 aromatic rings. The van der Waals surface area contributed by atoms with Gasteiger partial charge < -0.3 is 24.3 Å². The first-order chi connectivity index (χ1) is 12.3. The van der Waals surface area contributed by atoms with Gasteiger partial charge in [0.2, 0.25) is 0 Å². The van der Waals surface area contributed by atoms with E-state index in [1.54, 1.807) is 6.20 Å². The van der Waals surface area contributed by atoms with Crippen LogP contribution in [0.1, 0.15) is 32.1 Å². The van der Waals surface area contributed by atoms with Crippen LogP contribution in [-0.2, 0) is 16.0 Å². The number of piperidine rings is 1.